The summed E-state index contributed by atoms with van der Waals surface area (Å²) >= 11 is 11.8. The highest BCUT2D eigenvalue weighted by Gasteiger charge is 2.08. The second kappa shape index (κ2) is 5.74. The van der Waals surface area contributed by atoms with E-state index in [1.165, 1.54) is 0 Å². The highest BCUT2D eigenvalue weighted by molar-refractivity contribution is 6.42. The van der Waals surface area contributed by atoms with Crippen LogP contribution in [-0.2, 0) is 4.79 Å². The third-order valence-electron chi connectivity index (χ3n) is 2.30. The van der Waals surface area contributed by atoms with Gasteiger partial charge in [-0.05, 0) is 12.1 Å². The molecule has 5 nitrogen and oxygen atoms in total. The van der Waals surface area contributed by atoms with Crippen molar-refractivity contribution in [3.05, 3.63) is 34.4 Å². The number of hydrogen-bond acceptors (Lipinski definition) is 3. The molecule has 2 N–H and O–H groups in total. The Morgan fingerprint density at radius 2 is 2.21 bits per heavy atom. The summed E-state index contributed by atoms with van der Waals surface area (Å²) in [5, 5.41) is 11.8. The molecule has 0 saturated carbocycles. The van der Waals surface area contributed by atoms with Crippen molar-refractivity contribution in [2.24, 2.45) is 0 Å². The van der Waals surface area contributed by atoms with Crippen molar-refractivity contribution >= 4 is 35.1 Å². The summed E-state index contributed by atoms with van der Waals surface area (Å²) in [4.78, 5) is 18.1. The van der Waals surface area contributed by atoms with E-state index in [0.717, 1.165) is 5.56 Å². The molecule has 0 saturated heterocycles. The number of rotatable bonds is 3. The van der Waals surface area contributed by atoms with E-state index in [1.807, 2.05) is 0 Å². The van der Waals surface area contributed by atoms with Crippen molar-refractivity contribution in [1.29, 1.82) is 5.26 Å². The van der Waals surface area contributed by atoms with E-state index in [4.69, 9.17) is 28.5 Å². The number of hydrogen-bond donors (Lipinski definition) is 2. The standard InChI is InChI=1S/C12H8Cl2N4O/c13-8-2-1-7(5-9(8)14)10-6-16-12(17-10)18-11(19)3-4-15/h1-2,5-6H,3H2,(H2,16,17,18,19). The Morgan fingerprint density at radius 1 is 1.42 bits per heavy atom. The predicted octanol–water partition coefficient (Wildman–Crippen LogP) is 3.24. The molecule has 0 unspecified atom stereocenters. The summed E-state index contributed by atoms with van der Waals surface area (Å²) in [6.07, 6.45) is 1.34. The lowest BCUT2D eigenvalue weighted by Crippen LogP contribution is -2.11. The van der Waals surface area contributed by atoms with E-state index < -0.39 is 5.91 Å². The van der Waals surface area contributed by atoms with E-state index in [1.54, 1.807) is 30.5 Å². The van der Waals surface area contributed by atoms with Gasteiger partial charge in [0, 0.05) is 5.56 Å². The Labute approximate surface area is 119 Å². The fourth-order valence-corrected chi connectivity index (χ4v) is 1.74. The maximum Gasteiger partial charge on any atom is 0.240 e. The van der Waals surface area contributed by atoms with Gasteiger partial charge in [-0.3, -0.25) is 10.1 Å². The molecule has 0 fully saturated rings. The van der Waals surface area contributed by atoms with Gasteiger partial charge in [0.1, 0.15) is 6.42 Å². The lowest BCUT2D eigenvalue weighted by molar-refractivity contribution is -0.115. The van der Waals surface area contributed by atoms with Gasteiger partial charge in [0.25, 0.3) is 0 Å². The summed E-state index contributed by atoms with van der Waals surface area (Å²) in [6, 6.07) is 6.90. The normalized spacial score (nSPS) is 9.95. The van der Waals surface area contributed by atoms with Crippen LogP contribution in [0.5, 0.6) is 0 Å². The van der Waals surface area contributed by atoms with E-state index in [-0.39, 0.29) is 12.4 Å². The number of anilines is 1. The number of amides is 1. The van der Waals surface area contributed by atoms with Crippen molar-refractivity contribution < 1.29 is 4.79 Å². The van der Waals surface area contributed by atoms with Crippen LogP contribution >= 0.6 is 23.2 Å². The molecule has 2 aromatic rings. The lowest BCUT2D eigenvalue weighted by Gasteiger charge is -2.00. The Balaban J connectivity index is 2.19. The number of nitrogens with one attached hydrogen (secondary N) is 2. The van der Waals surface area contributed by atoms with Crippen molar-refractivity contribution in [3.63, 3.8) is 0 Å². The number of carbonyl (C=O) groups excluding carboxylic acids is 1. The van der Waals surface area contributed by atoms with E-state index in [0.29, 0.717) is 15.7 Å². The molecule has 19 heavy (non-hydrogen) atoms. The zero-order valence-corrected chi connectivity index (χ0v) is 11.1. The largest absolute Gasteiger partial charge is 0.324 e. The van der Waals surface area contributed by atoms with Crippen molar-refractivity contribution in [2.75, 3.05) is 5.32 Å². The van der Waals surface area contributed by atoms with Gasteiger partial charge in [0.05, 0.1) is 28.0 Å². The second-order valence-corrected chi connectivity index (χ2v) is 4.47. The average molecular weight is 295 g/mol. The predicted molar refractivity (Wildman–Crippen MR) is 72.9 cm³/mol. The lowest BCUT2D eigenvalue weighted by atomic mass is 10.2. The highest BCUT2D eigenvalue weighted by Crippen LogP contribution is 2.27. The molecule has 0 spiro atoms. The molecule has 0 aliphatic carbocycles. The van der Waals surface area contributed by atoms with Crippen LogP contribution in [0.25, 0.3) is 11.3 Å². The Bertz CT molecular complexity index is 660. The minimum Gasteiger partial charge on any atom is -0.324 e. The van der Waals surface area contributed by atoms with Gasteiger partial charge < -0.3 is 4.98 Å². The van der Waals surface area contributed by atoms with Gasteiger partial charge in [-0.1, -0.05) is 29.3 Å². The van der Waals surface area contributed by atoms with Crippen molar-refractivity contribution in [3.8, 4) is 17.3 Å². The number of halogens is 2. The first kappa shape index (κ1) is 13.4. The zero-order chi connectivity index (χ0) is 13.8. The first-order valence-electron chi connectivity index (χ1n) is 5.27. The molecule has 0 bridgehead atoms. The number of imidazole rings is 1. The van der Waals surface area contributed by atoms with Gasteiger partial charge in [-0.25, -0.2) is 4.98 Å². The molecule has 7 heteroatoms. The van der Waals surface area contributed by atoms with Crippen molar-refractivity contribution in [1.82, 2.24) is 9.97 Å². The summed E-state index contributed by atoms with van der Waals surface area (Å²) in [5.41, 5.74) is 1.48. The first-order valence-corrected chi connectivity index (χ1v) is 6.03. The Morgan fingerprint density at radius 3 is 2.89 bits per heavy atom. The topological polar surface area (TPSA) is 81.6 Å². The molecule has 96 valence electrons. The quantitative estimate of drug-likeness (QED) is 0.912. The molecule has 0 atom stereocenters. The zero-order valence-electron chi connectivity index (χ0n) is 9.58. The van der Waals surface area contributed by atoms with Crippen LogP contribution in [0.15, 0.2) is 24.4 Å². The number of aromatic amines is 1. The van der Waals surface area contributed by atoms with E-state index in [2.05, 4.69) is 15.3 Å². The molecule has 1 aromatic heterocycles. The maximum absolute atomic E-state index is 11.2. The van der Waals surface area contributed by atoms with Crippen LogP contribution in [-0.4, -0.2) is 15.9 Å². The van der Waals surface area contributed by atoms with E-state index in [9.17, 15) is 4.79 Å². The molecule has 0 aliphatic rings. The first-order chi connectivity index (χ1) is 9.10. The van der Waals surface area contributed by atoms with Gasteiger partial charge in [-0.2, -0.15) is 5.26 Å². The molecule has 1 amide bonds. The molecule has 0 radical (unpaired) electrons. The fourth-order valence-electron chi connectivity index (χ4n) is 1.44. The van der Waals surface area contributed by atoms with Gasteiger partial charge >= 0.3 is 0 Å². The van der Waals surface area contributed by atoms with Gasteiger partial charge in [0.15, 0.2) is 0 Å². The third-order valence-corrected chi connectivity index (χ3v) is 3.04. The number of carbonyl (C=O) groups is 1. The fraction of sp³-hybridized carbons (Fsp3) is 0.0833. The third kappa shape index (κ3) is 3.25. The number of benzene rings is 1. The van der Waals surface area contributed by atoms with Gasteiger partial charge in [-0.15, -0.1) is 0 Å². The monoisotopic (exact) mass is 294 g/mol. The Kier molecular flexibility index (Phi) is 4.05. The highest BCUT2D eigenvalue weighted by atomic mass is 35.5. The number of nitriles is 1. The van der Waals surface area contributed by atoms with Crippen LogP contribution in [0, 0.1) is 11.3 Å². The smallest absolute Gasteiger partial charge is 0.240 e. The summed E-state index contributed by atoms with van der Waals surface area (Å²) < 4.78 is 0. The maximum atomic E-state index is 11.2. The minimum absolute atomic E-state index is 0.219. The van der Waals surface area contributed by atoms with Gasteiger partial charge in [0.2, 0.25) is 11.9 Å². The van der Waals surface area contributed by atoms with Crippen molar-refractivity contribution in [2.45, 2.75) is 6.42 Å². The van der Waals surface area contributed by atoms with E-state index >= 15 is 0 Å². The summed E-state index contributed by atoms with van der Waals surface area (Å²) in [5.74, 6) is -0.140. The molecular formula is C12H8Cl2N4O. The number of aromatic nitrogens is 2. The molecular weight excluding hydrogens is 287 g/mol. The Hall–Kier alpha value is -2.03. The molecule has 1 aromatic carbocycles. The molecule has 2 rings (SSSR count). The minimum atomic E-state index is -0.419. The average Bonchev–Trinajstić information content (AvgIpc) is 2.81. The van der Waals surface area contributed by atoms with Crippen LogP contribution in [0.1, 0.15) is 6.42 Å². The van der Waals surface area contributed by atoms with Crippen LogP contribution < -0.4 is 5.32 Å². The second-order valence-electron chi connectivity index (χ2n) is 3.66. The number of H-pyrrole nitrogens is 1. The molecule has 1 heterocycles. The summed E-state index contributed by atoms with van der Waals surface area (Å²) in [7, 11) is 0. The van der Waals surface area contributed by atoms with Crippen LogP contribution in [0.2, 0.25) is 10.0 Å². The SMILES string of the molecule is N#CCC(=O)Nc1ncc(-c2ccc(Cl)c(Cl)c2)[nH]1. The summed E-state index contributed by atoms with van der Waals surface area (Å²) in [6.45, 7) is 0. The van der Waals surface area contributed by atoms with Crippen LogP contribution in [0.3, 0.4) is 0 Å². The van der Waals surface area contributed by atoms with Crippen LogP contribution in [0.4, 0.5) is 5.95 Å². The molecule has 0 aliphatic heterocycles. The number of nitrogens with zero attached hydrogens (tertiary/aromatic N) is 2.